The Hall–Kier alpha value is -0.0800. The smallest absolute Gasteiger partial charge is 0.0198 e. The van der Waals surface area contributed by atoms with Crippen LogP contribution in [-0.2, 0) is 0 Å². The molecule has 0 amide bonds. The largest absolute Gasteiger partial charge is 0.312 e. The van der Waals surface area contributed by atoms with Crippen LogP contribution in [0.1, 0.15) is 27.2 Å². The maximum atomic E-state index is 3.58. The molecule has 12 heavy (non-hydrogen) atoms. The summed E-state index contributed by atoms with van der Waals surface area (Å²) < 4.78 is 0. The summed E-state index contributed by atoms with van der Waals surface area (Å²) in [6.07, 6.45) is 1.41. The fraction of sp³-hybridized carbons (Fsp3) is 1.00. The van der Waals surface area contributed by atoms with E-state index in [0.717, 1.165) is 12.0 Å². The number of likely N-dealkylation sites (tertiary alicyclic amines) is 1. The van der Waals surface area contributed by atoms with Gasteiger partial charge in [0.05, 0.1) is 0 Å². The van der Waals surface area contributed by atoms with Crippen LogP contribution in [0.4, 0.5) is 0 Å². The molecule has 0 saturated carbocycles. The zero-order valence-electron chi connectivity index (χ0n) is 8.43. The van der Waals surface area contributed by atoms with Crippen LogP contribution in [0.25, 0.3) is 0 Å². The van der Waals surface area contributed by atoms with Crippen LogP contribution in [0.15, 0.2) is 0 Å². The van der Waals surface area contributed by atoms with Crippen LogP contribution in [-0.4, -0.2) is 36.1 Å². The van der Waals surface area contributed by atoms with E-state index in [1.165, 1.54) is 26.1 Å². The van der Waals surface area contributed by atoms with Crippen molar-refractivity contribution in [1.29, 1.82) is 0 Å². The number of hydrogen-bond donors (Lipinski definition) is 1. The molecule has 2 fully saturated rings. The number of rotatable bonds is 0. The first-order valence-corrected chi connectivity index (χ1v) is 5.04. The lowest BCUT2D eigenvalue weighted by atomic mass is 9.95. The van der Waals surface area contributed by atoms with E-state index in [0.29, 0.717) is 5.54 Å². The van der Waals surface area contributed by atoms with Crippen molar-refractivity contribution in [2.45, 2.75) is 38.8 Å². The number of fused-ring (bicyclic) bond motifs is 2. The van der Waals surface area contributed by atoms with Gasteiger partial charge in [0.25, 0.3) is 0 Å². The lowest BCUT2D eigenvalue weighted by molar-refractivity contribution is 0.0894. The van der Waals surface area contributed by atoms with Crippen LogP contribution in [0, 0.1) is 5.92 Å². The monoisotopic (exact) mass is 168 g/mol. The third kappa shape index (κ3) is 1.50. The minimum absolute atomic E-state index is 0.364. The van der Waals surface area contributed by atoms with Gasteiger partial charge in [0.2, 0.25) is 0 Å². The highest BCUT2D eigenvalue weighted by molar-refractivity contribution is 4.94. The van der Waals surface area contributed by atoms with E-state index in [-0.39, 0.29) is 0 Å². The molecule has 2 unspecified atom stereocenters. The molecule has 2 heteroatoms. The summed E-state index contributed by atoms with van der Waals surface area (Å²) >= 11 is 0. The van der Waals surface area contributed by atoms with Gasteiger partial charge in [-0.25, -0.2) is 0 Å². The standard InChI is InChI=1S/C10H20N2/c1-10(2,3)12-6-8-4-9(7-12)11-5-8/h8-9,11H,4-7H2,1-3H3. The fourth-order valence-electron chi connectivity index (χ4n) is 2.38. The van der Waals surface area contributed by atoms with Gasteiger partial charge in [-0.2, -0.15) is 0 Å². The molecular formula is C10H20N2. The SMILES string of the molecule is CC(C)(C)N1CC2CNC(C2)C1. The Morgan fingerprint density at radius 3 is 2.58 bits per heavy atom. The van der Waals surface area contributed by atoms with Crippen molar-refractivity contribution in [2.75, 3.05) is 19.6 Å². The molecule has 2 heterocycles. The van der Waals surface area contributed by atoms with E-state index < -0.39 is 0 Å². The van der Waals surface area contributed by atoms with Gasteiger partial charge in [-0.05, 0) is 39.7 Å². The van der Waals surface area contributed by atoms with E-state index in [1.54, 1.807) is 0 Å². The summed E-state index contributed by atoms with van der Waals surface area (Å²) in [7, 11) is 0. The van der Waals surface area contributed by atoms with Crippen molar-refractivity contribution in [3.05, 3.63) is 0 Å². The Bertz CT molecular complexity index is 159. The van der Waals surface area contributed by atoms with E-state index in [4.69, 9.17) is 0 Å². The van der Waals surface area contributed by atoms with Crippen LogP contribution >= 0.6 is 0 Å². The summed E-state index contributed by atoms with van der Waals surface area (Å²) in [5, 5.41) is 3.58. The predicted octanol–water partition coefficient (Wildman–Crippen LogP) is 1.08. The molecule has 0 radical (unpaired) electrons. The predicted molar refractivity (Wildman–Crippen MR) is 51.2 cm³/mol. The summed E-state index contributed by atoms with van der Waals surface area (Å²) in [4.78, 5) is 2.62. The quantitative estimate of drug-likeness (QED) is 0.582. The van der Waals surface area contributed by atoms with Crippen molar-refractivity contribution < 1.29 is 0 Å². The van der Waals surface area contributed by atoms with Crippen LogP contribution < -0.4 is 5.32 Å². The van der Waals surface area contributed by atoms with Gasteiger partial charge in [0.15, 0.2) is 0 Å². The van der Waals surface area contributed by atoms with Gasteiger partial charge in [-0.3, -0.25) is 4.90 Å². The van der Waals surface area contributed by atoms with Gasteiger partial charge >= 0.3 is 0 Å². The molecule has 2 atom stereocenters. The second-order valence-electron chi connectivity index (χ2n) is 5.28. The Kier molecular flexibility index (Phi) is 1.92. The Labute approximate surface area is 75.3 Å². The Balaban J connectivity index is 2.03. The first-order chi connectivity index (χ1) is 5.55. The van der Waals surface area contributed by atoms with Crippen LogP contribution in [0.5, 0.6) is 0 Å². The van der Waals surface area contributed by atoms with Crippen molar-refractivity contribution in [1.82, 2.24) is 10.2 Å². The summed E-state index contributed by atoms with van der Waals surface area (Å²) in [6, 6.07) is 0.781. The normalized spacial score (nSPS) is 37.2. The van der Waals surface area contributed by atoms with Crippen molar-refractivity contribution in [3.8, 4) is 0 Å². The first kappa shape index (κ1) is 8.52. The highest BCUT2D eigenvalue weighted by Crippen LogP contribution is 2.27. The summed E-state index contributed by atoms with van der Waals surface area (Å²) in [5.74, 6) is 0.919. The fourth-order valence-corrected chi connectivity index (χ4v) is 2.38. The minimum atomic E-state index is 0.364. The molecular weight excluding hydrogens is 148 g/mol. The van der Waals surface area contributed by atoms with Gasteiger partial charge in [-0.15, -0.1) is 0 Å². The van der Waals surface area contributed by atoms with Crippen LogP contribution in [0.2, 0.25) is 0 Å². The molecule has 2 saturated heterocycles. The molecule has 1 N–H and O–H groups in total. The molecule has 70 valence electrons. The summed E-state index contributed by atoms with van der Waals surface area (Å²) in [5.41, 5.74) is 0.364. The third-order valence-electron chi connectivity index (χ3n) is 3.18. The molecule has 0 spiro atoms. The second kappa shape index (κ2) is 2.71. The van der Waals surface area contributed by atoms with E-state index in [1.807, 2.05) is 0 Å². The molecule has 0 aromatic rings. The third-order valence-corrected chi connectivity index (χ3v) is 3.18. The maximum Gasteiger partial charge on any atom is 0.0198 e. The zero-order valence-corrected chi connectivity index (χ0v) is 8.43. The lowest BCUT2D eigenvalue weighted by Gasteiger charge is -2.40. The number of hydrogen-bond acceptors (Lipinski definition) is 2. The zero-order chi connectivity index (χ0) is 8.77. The van der Waals surface area contributed by atoms with Gasteiger partial charge in [0.1, 0.15) is 0 Å². The average Bonchev–Trinajstić information content (AvgIpc) is 2.28. The molecule has 0 aromatic carbocycles. The molecule has 2 bridgehead atoms. The van der Waals surface area contributed by atoms with Gasteiger partial charge in [0, 0.05) is 24.7 Å². The van der Waals surface area contributed by atoms with Crippen LogP contribution in [0.3, 0.4) is 0 Å². The topological polar surface area (TPSA) is 15.3 Å². The Morgan fingerprint density at radius 1 is 1.25 bits per heavy atom. The van der Waals surface area contributed by atoms with Gasteiger partial charge in [-0.1, -0.05) is 0 Å². The van der Waals surface area contributed by atoms with Crippen molar-refractivity contribution in [2.24, 2.45) is 5.92 Å². The molecule has 2 aliphatic heterocycles. The number of nitrogens with zero attached hydrogens (tertiary/aromatic N) is 1. The summed E-state index contributed by atoms with van der Waals surface area (Å²) in [6.45, 7) is 10.7. The van der Waals surface area contributed by atoms with E-state index in [9.17, 15) is 0 Å². The average molecular weight is 168 g/mol. The number of nitrogens with one attached hydrogen (secondary N) is 1. The van der Waals surface area contributed by atoms with E-state index >= 15 is 0 Å². The maximum absolute atomic E-state index is 3.58. The number of piperidine rings is 1. The minimum Gasteiger partial charge on any atom is -0.312 e. The molecule has 2 rings (SSSR count). The van der Waals surface area contributed by atoms with Crippen molar-refractivity contribution >= 4 is 0 Å². The van der Waals surface area contributed by atoms with Crippen molar-refractivity contribution in [3.63, 3.8) is 0 Å². The highest BCUT2D eigenvalue weighted by atomic mass is 15.2. The molecule has 2 nitrogen and oxygen atoms in total. The van der Waals surface area contributed by atoms with E-state index in [2.05, 4.69) is 31.0 Å². The molecule has 0 aliphatic carbocycles. The molecule has 2 aliphatic rings. The molecule has 0 aromatic heterocycles. The first-order valence-electron chi connectivity index (χ1n) is 5.04. The van der Waals surface area contributed by atoms with Gasteiger partial charge < -0.3 is 5.32 Å². The highest BCUT2D eigenvalue weighted by Gasteiger charge is 2.36. The lowest BCUT2D eigenvalue weighted by Crippen LogP contribution is -2.50. The Morgan fingerprint density at radius 2 is 2.00 bits per heavy atom. The second-order valence-corrected chi connectivity index (χ2v) is 5.28.